The maximum absolute atomic E-state index is 11.0. The van der Waals surface area contributed by atoms with Crippen LogP contribution in [-0.2, 0) is 4.79 Å². The van der Waals surface area contributed by atoms with Crippen molar-refractivity contribution in [1.29, 1.82) is 0 Å². The first-order valence-corrected chi connectivity index (χ1v) is 6.10. The molecule has 1 aromatic carbocycles. The van der Waals surface area contributed by atoms with Crippen LogP contribution >= 0.6 is 0 Å². The minimum Gasteiger partial charge on any atom is -0.477 e. The molecule has 0 bridgehead atoms. The Labute approximate surface area is 120 Å². The van der Waals surface area contributed by atoms with Crippen molar-refractivity contribution < 1.29 is 14.7 Å². The number of benzene rings is 1. The minimum absolute atomic E-state index is 0.107. The molecule has 0 unspecified atom stereocenters. The van der Waals surface area contributed by atoms with Crippen LogP contribution in [0.5, 0.6) is 0 Å². The number of carboxylic acid groups (broad SMARTS) is 1. The summed E-state index contributed by atoms with van der Waals surface area (Å²) in [6.45, 7) is 1.41. The Hall–Kier alpha value is -3.09. The summed E-state index contributed by atoms with van der Waals surface area (Å²) in [6.07, 6.45) is 0. The molecule has 2 aromatic rings. The van der Waals surface area contributed by atoms with Crippen molar-refractivity contribution in [3.05, 3.63) is 42.1 Å². The molecule has 1 aromatic heterocycles. The molecule has 0 radical (unpaired) electrons. The number of carbonyl (C=O) groups is 2. The third-order valence-electron chi connectivity index (χ3n) is 2.59. The summed E-state index contributed by atoms with van der Waals surface area (Å²) < 4.78 is 0. The summed E-state index contributed by atoms with van der Waals surface area (Å²) >= 11 is 0. The number of aromatic carboxylic acids is 1. The number of carbonyl (C=O) groups excluding carboxylic acids is 1. The molecule has 7 nitrogen and oxygen atoms in total. The first-order chi connectivity index (χ1) is 9.95. The van der Waals surface area contributed by atoms with Gasteiger partial charge in [0.15, 0.2) is 11.5 Å². The van der Waals surface area contributed by atoms with Gasteiger partial charge < -0.3 is 21.5 Å². The van der Waals surface area contributed by atoms with Gasteiger partial charge in [0.05, 0.1) is 5.69 Å². The van der Waals surface area contributed by atoms with Crippen molar-refractivity contribution in [2.45, 2.75) is 6.92 Å². The van der Waals surface area contributed by atoms with E-state index in [2.05, 4.69) is 15.6 Å². The second kappa shape index (κ2) is 5.91. The summed E-state index contributed by atoms with van der Waals surface area (Å²) in [5.74, 6) is -1.07. The molecule has 0 aliphatic rings. The second-order valence-electron chi connectivity index (χ2n) is 4.33. The van der Waals surface area contributed by atoms with Gasteiger partial charge >= 0.3 is 5.97 Å². The SMILES string of the molecule is CC(=O)Nc1cccc(Nc2nc(C(=O)O)ccc2N)c1. The predicted octanol–water partition coefficient (Wildman–Crippen LogP) is 2.06. The highest BCUT2D eigenvalue weighted by molar-refractivity contribution is 5.90. The predicted molar refractivity (Wildman–Crippen MR) is 79.6 cm³/mol. The summed E-state index contributed by atoms with van der Waals surface area (Å²) in [5.41, 5.74) is 7.23. The zero-order valence-electron chi connectivity index (χ0n) is 11.3. The minimum atomic E-state index is -1.13. The molecule has 0 atom stereocenters. The summed E-state index contributed by atoms with van der Waals surface area (Å²) in [6, 6.07) is 9.71. The number of hydrogen-bond acceptors (Lipinski definition) is 5. The van der Waals surface area contributed by atoms with Gasteiger partial charge in [-0.2, -0.15) is 0 Å². The summed E-state index contributed by atoms with van der Waals surface area (Å²) in [7, 11) is 0. The van der Waals surface area contributed by atoms with E-state index in [1.54, 1.807) is 24.3 Å². The number of carboxylic acids is 1. The Balaban J connectivity index is 2.27. The van der Waals surface area contributed by atoms with Crippen LogP contribution in [0.1, 0.15) is 17.4 Å². The van der Waals surface area contributed by atoms with Crippen molar-refractivity contribution in [2.75, 3.05) is 16.4 Å². The highest BCUT2D eigenvalue weighted by Crippen LogP contribution is 2.23. The first kappa shape index (κ1) is 14.3. The van der Waals surface area contributed by atoms with Gasteiger partial charge in [0.1, 0.15) is 0 Å². The molecule has 0 saturated carbocycles. The molecule has 7 heteroatoms. The van der Waals surface area contributed by atoms with E-state index in [1.807, 2.05) is 0 Å². The Bertz CT molecular complexity index is 700. The number of anilines is 4. The number of nitrogens with zero attached hydrogens (tertiary/aromatic N) is 1. The van der Waals surface area contributed by atoms with E-state index in [0.29, 0.717) is 17.1 Å². The van der Waals surface area contributed by atoms with Crippen LogP contribution in [0.4, 0.5) is 22.9 Å². The van der Waals surface area contributed by atoms with Crippen LogP contribution in [0.15, 0.2) is 36.4 Å². The molecule has 0 saturated heterocycles. The lowest BCUT2D eigenvalue weighted by Crippen LogP contribution is -2.07. The zero-order valence-corrected chi connectivity index (χ0v) is 11.3. The fourth-order valence-corrected chi connectivity index (χ4v) is 1.70. The molecular weight excluding hydrogens is 272 g/mol. The van der Waals surface area contributed by atoms with E-state index in [-0.39, 0.29) is 17.4 Å². The van der Waals surface area contributed by atoms with Crippen molar-refractivity contribution in [3.8, 4) is 0 Å². The average Bonchev–Trinajstić information content (AvgIpc) is 2.40. The normalized spacial score (nSPS) is 9.95. The highest BCUT2D eigenvalue weighted by Gasteiger charge is 2.09. The maximum Gasteiger partial charge on any atom is 0.354 e. The maximum atomic E-state index is 11.0. The fraction of sp³-hybridized carbons (Fsp3) is 0.0714. The Morgan fingerprint density at radius 1 is 1.19 bits per heavy atom. The molecule has 108 valence electrons. The fourth-order valence-electron chi connectivity index (χ4n) is 1.70. The quantitative estimate of drug-likeness (QED) is 0.683. The summed E-state index contributed by atoms with van der Waals surface area (Å²) in [4.78, 5) is 25.9. The lowest BCUT2D eigenvalue weighted by atomic mass is 10.2. The summed E-state index contributed by atoms with van der Waals surface area (Å²) in [5, 5.41) is 14.5. The van der Waals surface area contributed by atoms with Crippen molar-refractivity contribution in [1.82, 2.24) is 4.98 Å². The van der Waals surface area contributed by atoms with E-state index >= 15 is 0 Å². The number of aromatic nitrogens is 1. The molecule has 0 aliphatic carbocycles. The molecular formula is C14H14N4O3. The molecule has 0 fully saturated rings. The Morgan fingerprint density at radius 2 is 1.90 bits per heavy atom. The van der Waals surface area contributed by atoms with Gasteiger partial charge in [0, 0.05) is 18.3 Å². The lowest BCUT2D eigenvalue weighted by Gasteiger charge is -2.10. The van der Waals surface area contributed by atoms with Crippen LogP contribution in [0.25, 0.3) is 0 Å². The smallest absolute Gasteiger partial charge is 0.354 e. The van der Waals surface area contributed by atoms with E-state index < -0.39 is 5.97 Å². The number of nitrogen functional groups attached to an aromatic ring is 1. The number of nitrogens with one attached hydrogen (secondary N) is 2. The number of amides is 1. The van der Waals surface area contributed by atoms with Crippen molar-refractivity contribution in [3.63, 3.8) is 0 Å². The lowest BCUT2D eigenvalue weighted by molar-refractivity contribution is -0.114. The number of nitrogens with two attached hydrogens (primary N) is 1. The van der Waals surface area contributed by atoms with Gasteiger partial charge in [-0.05, 0) is 30.3 Å². The van der Waals surface area contributed by atoms with Gasteiger partial charge in [-0.1, -0.05) is 6.07 Å². The Morgan fingerprint density at radius 3 is 2.57 bits per heavy atom. The monoisotopic (exact) mass is 286 g/mol. The van der Waals surface area contributed by atoms with Crippen LogP contribution in [-0.4, -0.2) is 22.0 Å². The number of rotatable bonds is 4. The highest BCUT2D eigenvalue weighted by atomic mass is 16.4. The molecule has 2 rings (SSSR count). The third kappa shape index (κ3) is 3.69. The van der Waals surface area contributed by atoms with Crippen LogP contribution in [0, 0.1) is 0 Å². The molecule has 0 aliphatic heterocycles. The topological polar surface area (TPSA) is 117 Å². The van der Waals surface area contributed by atoms with Crippen LogP contribution < -0.4 is 16.4 Å². The standard InChI is InChI=1S/C14H14N4O3/c1-8(19)16-9-3-2-4-10(7-9)17-13-11(15)5-6-12(18-13)14(20)21/h2-7H,15H2,1H3,(H,16,19)(H,17,18)(H,20,21). The second-order valence-corrected chi connectivity index (χ2v) is 4.33. The molecule has 1 heterocycles. The van der Waals surface area contributed by atoms with Gasteiger partial charge in [0.25, 0.3) is 0 Å². The molecule has 1 amide bonds. The van der Waals surface area contributed by atoms with Crippen LogP contribution in [0.3, 0.4) is 0 Å². The molecule has 21 heavy (non-hydrogen) atoms. The van der Waals surface area contributed by atoms with Gasteiger partial charge in [-0.3, -0.25) is 4.79 Å². The molecule has 5 N–H and O–H groups in total. The van der Waals surface area contributed by atoms with E-state index in [9.17, 15) is 9.59 Å². The zero-order chi connectivity index (χ0) is 15.4. The van der Waals surface area contributed by atoms with Crippen LogP contribution in [0.2, 0.25) is 0 Å². The van der Waals surface area contributed by atoms with Crippen molar-refractivity contribution in [2.24, 2.45) is 0 Å². The Kier molecular flexibility index (Phi) is 4.03. The largest absolute Gasteiger partial charge is 0.477 e. The van der Waals surface area contributed by atoms with E-state index in [0.717, 1.165) is 0 Å². The number of pyridine rings is 1. The third-order valence-corrected chi connectivity index (χ3v) is 2.59. The number of hydrogen-bond donors (Lipinski definition) is 4. The van der Waals surface area contributed by atoms with Gasteiger partial charge in [-0.15, -0.1) is 0 Å². The van der Waals surface area contributed by atoms with Crippen molar-refractivity contribution >= 4 is 34.8 Å². The van der Waals surface area contributed by atoms with E-state index in [1.165, 1.54) is 19.1 Å². The molecule has 0 spiro atoms. The van der Waals surface area contributed by atoms with Gasteiger partial charge in [-0.25, -0.2) is 9.78 Å². The van der Waals surface area contributed by atoms with Gasteiger partial charge in [0.2, 0.25) is 5.91 Å². The average molecular weight is 286 g/mol. The first-order valence-electron chi connectivity index (χ1n) is 6.10. The van der Waals surface area contributed by atoms with E-state index in [4.69, 9.17) is 10.8 Å².